The van der Waals surface area contributed by atoms with Gasteiger partial charge in [-0.05, 0) is 22.3 Å². The highest BCUT2D eigenvalue weighted by atomic mass is 16.5. The highest BCUT2D eigenvalue weighted by Gasteiger charge is 2.28. The Balaban J connectivity index is 1.56. The number of amides is 2. The van der Waals surface area contributed by atoms with Crippen molar-refractivity contribution in [1.29, 1.82) is 0 Å². The Bertz CT molecular complexity index is 779. The summed E-state index contributed by atoms with van der Waals surface area (Å²) in [5.41, 5.74) is 10.0. The van der Waals surface area contributed by atoms with Crippen LogP contribution in [0.1, 0.15) is 17.0 Å². The zero-order chi connectivity index (χ0) is 19.2. The van der Waals surface area contributed by atoms with E-state index in [1.54, 1.807) is 0 Å². The van der Waals surface area contributed by atoms with Gasteiger partial charge in [0.25, 0.3) is 0 Å². The summed E-state index contributed by atoms with van der Waals surface area (Å²) in [6.07, 6.45) is -1.62. The van der Waals surface area contributed by atoms with Crippen LogP contribution >= 0.6 is 0 Å². The van der Waals surface area contributed by atoms with E-state index in [0.717, 1.165) is 16.0 Å². The van der Waals surface area contributed by atoms with Gasteiger partial charge in [-0.2, -0.15) is 0 Å². The molecule has 7 nitrogen and oxygen atoms in total. The fourth-order valence-corrected chi connectivity index (χ4v) is 3.40. The van der Waals surface area contributed by atoms with E-state index in [1.165, 1.54) is 11.1 Å². The fraction of sp³-hybridized carbons (Fsp3) is 0.300. The quantitative estimate of drug-likeness (QED) is 0.695. The molecule has 2 aromatic rings. The van der Waals surface area contributed by atoms with Crippen LogP contribution in [0.4, 0.5) is 9.59 Å². The van der Waals surface area contributed by atoms with E-state index in [1.807, 2.05) is 24.3 Å². The summed E-state index contributed by atoms with van der Waals surface area (Å²) in [6.45, 7) is 1.02. The maximum absolute atomic E-state index is 12.0. The van der Waals surface area contributed by atoms with Crippen LogP contribution in [-0.4, -0.2) is 55.0 Å². The van der Waals surface area contributed by atoms with Crippen molar-refractivity contribution in [2.24, 2.45) is 5.73 Å². The normalized spacial score (nSPS) is 12.2. The third-order valence-electron chi connectivity index (χ3n) is 4.66. The minimum atomic E-state index is -1.06. The SMILES string of the molecule is NCCN(CCNC(=O)OCC1c2ccccc2-c2ccccc21)C(=O)O. The van der Waals surface area contributed by atoms with Gasteiger partial charge in [0, 0.05) is 32.1 Å². The number of carbonyl (C=O) groups is 2. The van der Waals surface area contributed by atoms with E-state index in [4.69, 9.17) is 15.6 Å². The van der Waals surface area contributed by atoms with Gasteiger partial charge in [-0.3, -0.25) is 0 Å². The fourth-order valence-electron chi connectivity index (χ4n) is 3.40. The number of fused-ring (bicyclic) bond motifs is 3. The van der Waals surface area contributed by atoms with Crippen LogP contribution in [0.25, 0.3) is 11.1 Å². The van der Waals surface area contributed by atoms with Crippen molar-refractivity contribution in [2.75, 3.05) is 32.8 Å². The highest BCUT2D eigenvalue weighted by molar-refractivity contribution is 5.79. The van der Waals surface area contributed by atoms with Crippen molar-refractivity contribution < 1.29 is 19.4 Å². The number of carboxylic acid groups (broad SMARTS) is 1. The van der Waals surface area contributed by atoms with Crippen LogP contribution in [0, 0.1) is 0 Å². The summed E-state index contributed by atoms with van der Waals surface area (Å²) in [5.74, 6) is -0.00379. The molecule has 27 heavy (non-hydrogen) atoms. The number of benzene rings is 2. The van der Waals surface area contributed by atoms with Crippen molar-refractivity contribution >= 4 is 12.2 Å². The van der Waals surface area contributed by atoms with Gasteiger partial charge in [0.2, 0.25) is 0 Å². The van der Waals surface area contributed by atoms with E-state index in [2.05, 4.69) is 29.6 Å². The number of nitrogens with two attached hydrogens (primary N) is 1. The number of ether oxygens (including phenoxy) is 1. The number of nitrogens with one attached hydrogen (secondary N) is 1. The third-order valence-corrected chi connectivity index (χ3v) is 4.66. The first-order valence-corrected chi connectivity index (χ1v) is 8.88. The van der Waals surface area contributed by atoms with Crippen LogP contribution in [0.5, 0.6) is 0 Å². The summed E-state index contributed by atoms with van der Waals surface area (Å²) in [5, 5.41) is 11.6. The van der Waals surface area contributed by atoms with Gasteiger partial charge < -0.3 is 25.8 Å². The molecule has 0 atom stereocenters. The second-order valence-electron chi connectivity index (χ2n) is 6.31. The first-order valence-electron chi connectivity index (χ1n) is 8.88. The molecule has 0 saturated heterocycles. The van der Waals surface area contributed by atoms with Gasteiger partial charge in [0.1, 0.15) is 6.61 Å². The van der Waals surface area contributed by atoms with Crippen molar-refractivity contribution in [3.63, 3.8) is 0 Å². The highest BCUT2D eigenvalue weighted by Crippen LogP contribution is 2.44. The van der Waals surface area contributed by atoms with Crippen LogP contribution in [0.3, 0.4) is 0 Å². The van der Waals surface area contributed by atoms with Gasteiger partial charge in [-0.15, -0.1) is 0 Å². The standard InChI is InChI=1S/C20H23N3O4/c21-9-11-23(20(25)26)12-10-22-19(24)27-13-18-16-7-3-1-5-14(16)15-6-2-4-8-17(15)18/h1-8,18H,9-13,21H2,(H,22,24)(H,25,26). The average molecular weight is 369 g/mol. The molecule has 0 heterocycles. The average Bonchev–Trinajstić information content (AvgIpc) is 2.99. The molecule has 0 aliphatic heterocycles. The number of alkyl carbamates (subject to hydrolysis) is 1. The zero-order valence-electron chi connectivity index (χ0n) is 14.9. The van der Waals surface area contributed by atoms with Crippen molar-refractivity contribution in [3.8, 4) is 11.1 Å². The molecule has 0 saturated carbocycles. The molecule has 3 rings (SSSR count). The number of rotatable bonds is 7. The molecule has 0 bridgehead atoms. The molecule has 0 spiro atoms. The molecule has 4 N–H and O–H groups in total. The minimum Gasteiger partial charge on any atom is -0.465 e. The number of nitrogens with zero attached hydrogens (tertiary/aromatic N) is 1. The topological polar surface area (TPSA) is 105 Å². The number of carbonyl (C=O) groups excluding carboxylic acids is 1. The smallest absolute Gasteiger partial charge is 0.407 e. The minimum absolute atomic E-state index is 0.00379. The van der Waals surface area contributed by atoms with Crippen LogP contribution in [0.15, 0.2) is 48.5 Å². The van der Waals surface area contributed by atoms with E-state index >= 15 is 0 Å². The first-order chi connectivity index (χ1) is 13.1. The Labute approximate surface area is 157 Å². The van der Waals surface area contributed by atoms with Gasteiger partial charge in [0.15, 0.2) is 0 Å². The predicted octanol–water partition coefficient (Wildman–Crippen LogP) is 2.46. The molecule has 7 heteroatoms. The van der Waals surface area contributed by atoms with Gasteiger partial charge in [0.05, 0.1) is 0 Å². The molecule has 142 valence electrons. The second-order valence-corrected chi connectivity index (χ2v) is 6.31. The van der Waals surface area contributed by atoms with Crippen molar-refractivity contribution in [1.82, 2.24) is 10.2 Å². The van der Waals surface area contributed by atoms with Crippen molar-refractivity contribution in [2.45, 2.75) is 5.92 Å². The van der Waals surface area contributed by atoms with Gasteiger partial charge in [-0.1, -0.05) is 48.5 Å². The lowest BCUT2D eigenvalue weighted by atomic mass is 9.98. The molecule has 0 radical (unpaired) electrons. The predicted molar refractivity (Wildman–Crippen MR) is 102 cm³/mol. The lowest BCUT2D eigenvalue weighted by Crippen LogP contribution is -2.40. The Morgan fingerprint density at radius 1 is 1.04 bits per heavy atom. The Morgan fingerprint density at radius 3 is 2.19 bits per heavy atom. The van der Waals surface area contributed by atoms with Crippen LogP contribution < -0.4 is 11.1 Å². The molecular formula is C20H23N3O4. The van der Waals surface area contributed by atoms with E-state index in [9.17, 15) is 9.59 Å². The summed E-state index contributed by atoms with van der Waals surface area (Å²) >= 11 is 0. The zero-order valence-corrected chi connectivity index (χ0v) is 14.9. The van der Waals surface area contributed by atoms with Crippen molar-refractivity contribution in [3.05, 3.63) is 59.7 Å². The van der Waals surface area contributed by atoms with E-state index in [0.29, 0.717) is 0 Å². The van der Waals surface area contributed by atoms with E-state index in [-0.39, 0.29) is 38.7 Å². The number of hydrogen-bond acceptors (Lipinski definition) is 4. The Morgan fingerprint density at radius 2 is 1.63 bits per heavy atom. The third kappa shape index (κ3) is 4.20. The first kappa shape index (κ1) is 18.7. The van der Waals surface area contributed by atoms with Gasteiger partial charge in [-0.25, -0.2) is 9.59 Å². The summed E-state index contributed by atoms with van der Waals surface area (Å²) in [4.78, 5) is 24.2. The van der Waals surface area contributed by atoms with Crippen LogP contribution in [-0.2, 0) is 4.74 Å². The summed E-state index contributed by atoms with van der Waals surface area (Å²) < 4.78 is 5.40. The summed E-state index contributed by atoms with van der Waals surface area (Å²) in [7, 11) is 0. The molecule has 2 aromatic carbocycles. The molecular weight excluding hydrogens is 346 g/mol. The Kier molecular flexibility index (Phi) is 5.93. The monoisotopic (exact) mass is 369 g/mol. The molecule has 1 aliphatic carbocycles. The lowest BCUT2D eigenvalue weighted by molar-refractivity contribution is 0.135. The maximum atomic E-state index is 12.0. The van der Waals surface area contributed by atoms with Crippen LogP contribution in [0.2, 0.25) is 0 Å². The maximum Gasteiger partial charge on any atom is 0.407 e. The number of hydrogen-bond donors (Lipinski definition) is 3. The molecule has 1 aliphatic rings. The summed E-state index contributed by atoms with van der Waals surface area (Å²) in [6, 6.07) is 16.2. The van der Waals surface area contributed by atoms with Gasteiger partial charge >= 0.3 is 12.2 Å². The largest absolute Gasteiger partial charge is 0.465 e. The molecule has 0 unspecified atom stereocenters. The molecule has 2 amide bonds. The Hall–Kier alpha value is -3.06. The molecule has 0 fully saturated rings. The second kappa shape index (κ2) is 8.55. The lowest BCUT2D eigenvalue weighted by Gasteiger charge is -2.18. The molecule has 0 aromatic heterocycles. The van der Waals surface area contributed by atoms with E-state index < -0.39 is 12.2 Å².